The number of halogens is 2. The highest BCUT2D eigenvalue weighted by molar-refractivity contribution is 7.98. The van der Waals surface area contributed by atoms with Crippen LogP contribution in [0, 0.1) is 5.82 Å². The Bertz CT molecular complexity index is 955. The molecular weight excluding hydrogens is 489 g/mol. The fraction of sp³-hybridized carbons (Fsp3) is 0.500. The number of hydrogen-bond donors (Lipinski definition) is 2. The minimum atomic E-state index is -0.606. The summed E-state index contributed by atoms with van der Waals surface area (Å²) >= 11 is 7.22. The number of hydrogen-bond acceptors (Lipinski definition) is 5. The van der Waals surface area contributed by atoms with Crippen molar-refractivity contribution >= 4 is 35.2 Å². The van der Waals surface area contributed by atoms with Gasteiger partial charge in [-0.25, -0.2) is 9.37 Å². The van der Waals surface area contributed by atoms with Gasteiger partial charge in [-0.3, -0.25) is 9.59 Å². The molecule has 2 amide bonds. The van der Waals surface area contributed by atoms with E-state index in [4.69, 9.17) is 16.3 Å². The smallest absolute Gasteiger partial charge is 0.257 e. The molecule has 1 aromatic heterocycles. The van der Waals surface area contributed by atoms with Gasteiger partial charge in [-0.05, 0) is 69.0 Å². The number of rotatable bonds is 10. The average Bonchev–Trinajstić information content (AvgIpc) is 2.87. The van der Waals surface area contributed by atoms with Gasteiger partial charge in [-0.1, -0.05) is 19.9 Å². The molecule has 6 nitrogen and oxygen atoms in total. The predicted octanol–water partition coefficient (Wildman–Crippen LogP) is 6.33. The van der Waals surface area contributed by atoms with Gasteiger partial charge >= 0.3 is 0 Å². The lowest BCUT2D eigenvalue weighted by atomic mass is 9.91. The molecule has 1 fully saturated rings. The summed E-state index contributed by atoms with van der Waals surface area (Å²) < 4.78 is 19.7. The first-order chi connectivity index (χ1) is 17.0. The number of aromatic nitrogens is 1. The third kappa shape index (κ3) is 9.68. The molecule has 1 saturated carbocycles. The topological polar surface area (TPSA) is 80.3 Å². The van der Waals surface area contributed by atoms with Gasteiger partial charge in [0.15, 0.2) is 0 Å². The third-order valence-electron chi connectivity index (χ3n) is 5.53. The number of ether oxygens (including phenoxy) is 1. The zero-order valence-corrected chi connectivity index (χ0v) is 22.2. The summed E-state index contributed by atoms with van der Waals surface area (Å²) in [4.78, 5) is 29.9. The van der Waals surface area contributed by atoms with Gasteiger partial charge in [0.25, 0.3) is 5.91 Å². The van der Waals surface area contributed by atoms with Crippen LogP contribution in [0.1, 0.15) is 69.2 Å². The molecule has 1 aromatic carbocycles. The monoisotopic (exact) mass is 523 g/mol. The molecule has 9 heteroatoms. The number of benzene rings is 1. The molecule has 1 heterocycles. The van der Waals surface area contributed by atoms with Crippen LogP contribution >= 0.6 is 23.4 Å². The van der Waals surface area contributed by atoms with Gasteiger partial charge in [-0.15, -0.1) is 23.4 Å². The summed E-state index contributed by atoms with van der Waals surface area (Å²) in [6, 6.07) is 8.59. The Hall–Kier alpha value is -2.32. The number of nitrogens with zero attached hydrogens (tertiary/aromatic N) is 1. The molecule has 1 aliphatic carbocycles. The molecular formula is C26H35ClFN3O3S. The molecule has 0 saturated heterocycles. The third-order valence-corrected chi connectivity index (χ3v) is 6.53. The molecule has 1 aliphatic rings. The first-order valence-corrected chi connectivity index (χ1v) is 13.9. The van der Waals surface area contributed by atoms with Gasteiger partial charge in [0.1, 0.15) is 17.1 Å². The number of pyridine rings is 1. The molecule has 0 unspecified atom stereocenters. The molecule has 3 rings (SSSR count). The normalized spacial score (nSPS) is 17.1. The predicted molar refractivity (Wildman–Crippen MR) is 140 cm³/mol. The molecule has 2 N–H and O–H groups in total. The molecule has 0 spiro atoms. The van der Waals surface area contributed by atoms with Crippen LogP contribution in [0.2, 0.25) is 0 Å². The Morgan fingerprint density at radius 2 is 1.80 bits per heavy atom. The number of carbonyl (C=O) groups is 2. The van der Waals surface area contributed by atoms with E-state index in [2.05, 4.69) is 15.6 Å². The molecule has 0 atom stereocenters. The van der Waals surface area contributed by atoms with Gasteiger partial charge in [0, 0.05) is 29.3 Å². The van der Waals surface area contributed by atoms with E-state index < -0.39 is 11.7 Å². The van der Waals surface area contributed by atoms with E-state index in [0.717, 1.165) is 55.7 Å². The van der Waals surface area contributed by atoms with E-state index in [-0.39, 0.29) is 29.4 Å². The second-order valence-electron chi connectivity index (χ2n) is 8.02. The largest absolute Gasteiger partial charge is 0.438 e. The highest BCUT2D eigenvalue weighted by Crippen LogP contribution is 2.28. The van der Waals surface area contributed by atoms with E-state index in [1.54, 1.807) is 17.8 Å². The van der Waals surface area contributed by atoms with E-state index in [9.17, 15) is 14.0 Å². The van der Waals surface area contributed by atoms with Crippen LogP contribution in [0.25, 0.3) is 0 Å². The number of thioether (sulfide) groups is 1. The minimum absolute atomic E-state index is 0.0470. The van der Waals surface area contributed by atoms with Gasteiger partial charge in [-0.2, -0.15) is 0 Å². The van der Waals surface area contributed by atoms with Crippen molar-refractivity contribution < 1.29 is 18.7 Å². The number of amides is 2. The minimum Gasteiger partial charge on any atom is -0.438 e. The summed E-state index contributed by atoms with van der Waals surface area (Å²) in [5, 5.41) is 6.03. The van der Waals surface area contributed by atoms with Crippen LogP contribution in [0.15, 0.2) is 41.4 Å². The zero-order chi connectivity index (χ0) is 25.6. The number of nitrogens with one attached hydrogen (secondary N) is 2. The van der Waals surface area contributed by atoms with E-state index >= 15 is 0 Å². The van der Waals surface area contributed by atoms with Crippen molar-refractivity contribution in [3.8, 4) is 11.6 Å². The molecule has 0 radical (unpaired) electrons. The number of alkyl halides is 1. The van der Waals surface area contributed by atoms with Crippen molar-refractivity contribution in [2.75, 3.05) is 12.1 Å². The maximum Gasteiger partial charge on any atom is 0.257 e. The fourth-order valence-corrected chi connectivity index (χ4v) is 4.41. The fourth-order valence-electron chi connectivity index (χ4n) is 3.77. The molecule has 0 aliphatic heterocycles. The Morgan fingerprint density at radius 3 is 2.46 bits per heavy atom. The number of carbonyl (C=O) groups excluding carboxylic acids is 2. The summed E-state index contributed by atoms with van der Waals surface area (Å²) in [5.74, 6) is 0.168. The van der Waals surface area contributed by atoms with Crippen LogP contribution in [-0.4, -0.2) is 41.0 Å². The SMILES string of the molecule is CC.CSc1cccc(Oc2ncc(F)cc2C(=O)NC2CCC(NC(=O)CCCCCl)CC2)c1. The lowest BCUT2D eigenvalue weighted by Gasteiger charge is -2.29. The highest BCUT2D eigenvalue weighted by Gasteiger charge is 2.25. The summed E-state index contributed by atoms with van der Waals surface area (Å²) in [6.45, 7) is 4.00. The van der Waals surface area contributed by atoms with Crippen molar-refractivity contribution in [3.05, 3.63) is 47.9 Å². The highest BCUT2D eigenvalue weighted by atomic mass is 35.5. The number of unbranched alkanes of at least 4 members (excludes halogenated alkanes) is 1. The molecule has 0 bridgehead atoms. The van der Waals surface area contributed by atoms with Crippen molar-refractivity contribution in [2.24, 2.45) is 0 Å². The Morgan fingerprint density at radius 1 is 1.11 bits per heavy atom. The van der Waals surface area contributed by atoms with Crippen LogP contribution in [0.5, 0.6) is 11.6 Å². The van der Waals surface area contributed by atoms with Gasteiger partial charge in [0.05, 0.1) is 6.20 Å². The summed E-state index contributed by atoms with van der Waals surface area (Å²) in [6.07, 6.45) is 8.10. The van der Waals surface area contributed by atoms with E-state index in [1.807, 2.05) is 38.3 Å². The van der Waals surface area contributed by atoms with Crippen LogP contribution in [0.3, 0.4) is 0 Å². The van der Waals surface area contributed by atoms with Crippen molar-refractivity contribution in [2.45, 2.75) is 75.8 Å². The lowest BCUT2D eigenvalue weighted by Crippen LogP contribution is -2.43. The first kappa shape index (κ1) is 28.9. The van der Waals surface area contributed by atoms with Crippen LogP contribution in [-0.2, 0) is 4.79 Å². The molecule has 35 heavy (non-hydrogen) atoms. The average molecular weight is 524 g/mol. The van der Waals surface area contributed by atoms with Crippen molar-refractivity contribution in [1.82, 2.24) is 15.6 Å². The lowest BCUT2D eigenvalue weighted by molar-refractivity contribution is -0.122. The van der Waals surface area contributed by atoms with E-state index in [0.29, 0.717) is 18.1 Å². The maximum absolute atomic E-state index is 13.9. The molecule has 192 valence electrons. The molecule has 2 aromatic rings. The Kier molecular flexibility index (Phi) is 12.9. The summed E-state index contributed by atoms with van der Waals surface area (Å²) in [7, 11) is 0. The standard InChI is InChI=1S/C24H29ClFN3O3S.C2H6/c1-33-20-6-4-5-19(14-20)32-24-21(13-16(26)15-27-24)23(31)29-18-10-8-17(9-11-18)28-22(30)7-2-3-12-25;1-2/h4-6,13-15,17-18H,2-3,7-12H2,1H3,(H,28,30)(H,29,31);1-2H3. The van der Waals surface area contributed by atoms with E-state index in [1.165, 1.54) is 0 Å². The Labute approximate surface area is 216 Å². The van der Waals surface area contributed by atoms with Crippen LogP contribution < -0.4 is 15.4 Å². The van der Waals surface area contributed by atoms with Crippen molar-refractivity contribution in [1.29, 1.82) is 0 Å². The van der Waals surface area contributed by atoms with Gasteiger partial charge < -0.3 is 15.4 Å². The first-order valence-electron chi connectivity index (χ1n) is 12.1. The van der Waals surface area contributed by atoms with Gasteiger partial charge in [0.2, 0.25) is 11.8 Å². The van der Waals surface area contributed by atoms with Crippen molar-refractivity contribution in [3.63, 3.8) is 0 Å². The quantitative estimate of drug-likeness (QED) is 0.216. The van der Waals surface area contributed by atoms with Crippen LogP contribution in [0.4, 0.5) is 4.39 Å². The zero-order valence-electron chi connectivity index (χ0n) is 20.6. The second-order valence-corrected chi connectivity index (χ2v) is 9.28. The maximum atomic E-state index is 13.9. The Balaban J connectivity index is 0.00000210. The summed E-state index contributed by atoms with van der Waals surface area (Å²) in [5.41, 5.74) is 0.0549. The second kappa shape index (κ2) is 15.6.